The van der Waals surface area contributed by atoms with Gasteiger partial charge in [0.2, 0.25) is 0 Å². The summed E-state index contributed by atoms with van der Waals surface area (Å²) in [6, 6.07) is 3.15. The molecule has 0 aliphatic carbocycles. The van der Waals surface area contributed by atoms with Gasteiger partial charge in [0.1, 0.15) is 5.56 Å². The summed E-state index contributed by atoms with van der Waals surface area (Å²) in [5, 5.41) is 8.80. The highest BCUT2D eigenvalue weighted by molar-refractivity contribution is 5.94. The van der Waals surface area contributed by atoms with Crippen molar-refractivity contribution >= 4 is 11.9 Å². The van der Waals surface area contributed by atoms with Crippen LogP contribution in [0.2, 0.25) is 0 Å². The van der Waals surface area contributed by atoms with E-state index in [0.29, 0.717) is 18.7 Å². The number of carbonyl (C=O) groups is 2. The van der Waals surface area contributed by atoms with Crippen molar-refractivity contribution in [2.75, 3.05) is 6.54 Å². The number of carboxylic acids is 1. The first-order chi connectivity index (χ1) is 9.99. The van der Waals surface area contributed by atoms with Gasteiger partial charge >= 0.3 is 5.97 Å². The minimum absolute atomic E-state index is 0.0404. The lowest BCUT2D eigenvalue weighted by atomic mass is 9.97. The van der Waals surface area contributed by atoms with Gasteiger partial charge in [-0.2, -0.15) is 0 Å². The molecule has 1 aliphatic rings. The van der Waals surface area contributed by atoms with Gasteiger partial charge in [0.25, 0.3) is 11.5 Å². The van der Waals surface area contributed by atoms with E-state index in [-0.39, 0.29) is 29.5 Å². The fourth-order valence-electron chi connectivity index (χ4n) is 2.75. The highest BCUT2D eigenvalue weighted by Crippen LogP contribution is 2.22. The van der Waals surface area contributed by atoms with Crippen molar-refractivity contribution in [1.29, 1.82) is 0 Å². The molecule has 21 heavy (non-hydrogen) atoms. The molecule has 0 bridgehead atoms. The number of aromatic amines is 1. The van der Waals surface area contributed by atoms with E-state index in [9.17, 15) is 14.4 Å². The molecule has 1 aliphatic heterocycles. The first-order valence-electron chi connectivity index (χ1n) is 7.21. The lowest BCUT2D eigenvalue weighted by Crippen LogP contribution is -2.45. The molecule has 1 atom stereocenters. The molecule has 0 saturated carbocycles. The summed E-state index contributed by atoms with van der Waals surface area (Å²) in [5.41, 5.74) is 0.447. The number of nitrogens with zero attached hydrogens (tertiary/aromatic N) is 1. The zero-order valence-electron chi connectivity index (χ0n) is 12.1. The molecule has 2 rings (SSSR count). The van der Waals surface area contributed by atoms with Gasteiger partial charge in [-0.05, 0) is 44.7 Å². The number of H-pyrrole nitrogens is 1. The Kier molecular flexibility index (Phi) is 4.77. The van der Waals surface area contributed by atoms with Crippen molar-refractivity contribution in [3.8, 4) is 0 Å². The van der Waals surface area contributed by atoms with Gasteiger partial charge in [0.05, 0.1) is 0 Å². The Morgan fingerprint density at radius 2 is 2.14 bits per heavy atom. The summed E-state index contributed by atoms with van der Waals surface area (Å²) in [7, 11) is 0. The molecule has 1 amide bonds. The maximum Gasteiger partial charge on any atom is 0.303 e. The smallest absolute Gasteiger partial charge is 0.303 e. The summed E-state index contributed by atoms with van der Waals surface area (Å²) >= 11 is 0. The van der Waals surface area contributed by atoms with Gasteiger partial charge in [-0.3, -0.25) is 14.4 Å². The highest BCUT2D eigenvalue weighted by Gasteiger charge is 2.28. The lowest BCUT2D eigenvalue weighted by molar-refractivity contribution is -0.137. The number of carbonyl (C=O) groups excluding carboxylic acids is 1. The van der Waals surface area contributed by atoms with Crippen LogP contribution in [0.5, 0.6) is 0 Å². The van der Waals surface area contributed by atoms with Crippen molar-refractivity contribution < 1.29 is 14.7 Å². The second-order valence-corrected chi connectivity index (χ2v) is 5.46. The van der Waals surface area contributed by atoms with Gasteiger partial charge in [-0.15, -0.1) is 0 Å². The topological polar surface area (TPSA) is 90.5 Å². The zero-order valence-corrected chi connectivity index (χ0v) is 12.1. The number of likely N-dealkylation sites (tertiary alicyclic amines) is 1. The lowest BCUT2D eigenvalue weighted by Gasteiger charge is -2.35. The van der Waals surface area contributed by atoms with Crippen LogP contribution in [0.1, 0.15) is 48.2 Å². The third-order valence-corrected chi connectivity index (χ3v) is 3.87. The molecule has 0 spiro atoms. The SMILES string of the molecule is Cc1ccc(C(=O)N2CCCCC2CCC(=O)O)c(=O)[nH]1. The largest absolute Gasteiger partial charge is 0.481 e. The van der Waals surface area contributed by atoms with Crippen molar-refractivity contribution in [1.82, 2.24) is 9.88 Å². The minimum atomic E-state index is -0.860. The Balaban J connectivity index is 2.18. The molecular formula is C15H20N2O4. The number of pyridine rings is 1. The van der Waals surface area contributed by atoms with E-state index in [1.54, 1.807) is 24.0 Å². The first-order valence-corrected chi connectivity index (χ1v) is 7.21. The second-order valence-electron chi connectivity index (χ2n) is 5.46. The summed E-state index contributed by atoms with van der Waals surface area (Å²) in [4.78, 5) is 39.5. The molecule has 1 aromatic heterocycles. The van der Waals surface area contributed by atoms with Crippen LogP contribution in [0, 0.1) is 6.92 Å². The molecule has 1 saturated heterocycles. The van der Waals surface area contributed by atoms with E-state index in [4.69, 9.17) is 5.11 Å². The minimum Gasteiger partial charge on any atom is -0.481 e. The molecular weight excluding hydrogens is 272 g/mol. The average Bonchev–Trinajstić information content (AvgIpc) is 2.45. The van der Waals surface area contributed by atoms with Crippen molar-refractivity contribution in [3.05, 3.63) is 33.7 Å². The number of aryl methyl sites for hydroxylation is 1. The third kappa shape index (κ3) is 3.71. The summed E-state index contributed by atoms with van der Waals surface area (Å²) in [6.07, 6.45) is 3.14. The Morgan fingerprint density at radius 3 is 2.81 bits per heavy atom. The zero-order chi connectivity index (χ0) is 15.4. The van der Waals surface area contributed by atoms with Gasteiger partial charge in [0, 0.05) is 24.7 Å². The number of aromatic nitrogens is 1. The predicted octanol–water partition coefficient (Wildman–Crippen LogP) is 1.54. The number of piperidine rings is 1. The average molecular weight is 292 g/mol. The Morgan fingerprint density at radius 1 is 1.38 bits per heavy atom. The van der Waals surface area contributed by atoms with Crippen LogP contribution in [0.15, 0.2) is 16.9 Å². The Labute approximate surface area is 122 Å². The van der Waals surface area contributed by atoms with E-state index in [2.05, 4.69) is 4.98 Å². The molecule has 6 nitrogen and oxygen atoms in total. The number of amides is 1. The van der Waals surface area contributed by atoms with Crippen LogP contribution in [0.25, 0.3) is 0 Å². The summed E-state index contributed by atoms with van der Waals surface area (Å²) in [6.45, 7) is 2.34. The van der Waals surface area contributed by atoms with Crippen LogP contribution in [-0.4, -0.2) is 39.5 Å². The Hall–Kier alpha value is -2.11. The molecule has 0 radical (unpaired) electrons. The van der Waals surface area contributed by atoms with Crippen LogP contribution in [-0.2, 0) is 4.79 Å². The van der Waals surface area contributed by atoms with Gasteiger partial charge < -0.3 is 15.0 Å². The molecule has 1 fully saturated rings. The number of hydrogen-bond acceptors (Lipinski definition) is 3. The van der Waals surface area contributed by atoms with E-state index in [0.717, 1.165) is 19.3 Å². The first kappa shape index (κ1) is 15.3. The van der Waals surface area contributed by atoms with Crippen molar-refractivity contribution in [3.63, 3.8) is 0 Å². The number of carboxylic acid groups (broad SMARTS) is 1. The molecule has 1 unspecified atom stereocenters. The normalized spacial score (nSPS) is 18.5. The molecule has 0 aromatic carbocycles. The van der Waals surface area contributed by atoms with Crippen LogP contribution >= 0.6 is 0 Å². The standard InChI is InChI=1S/C15H20N2O4/c1-10-5-7-12(14(20)16-10)15(21)17-9-3-2-4-11(17)6-8-13(18)19/h5,7,11H,2-4,6,8-9H2,1H3,(H,16,20)(H,18,19). The predicted molar refractivity (Wildman–Crippen MR) is 77.3 cm³/mol. The fourth-order valence-corrected chi connectivity index (χ4v) is 2.75. The molecule has 6 heteroatoms. The fraction of sp³-hybridized carbons (Fsp3) is 0.533. The number of aliphatic carboxylic acids is 1. The van der Waals surface area contributed by atoms with Crippen molar-refractivity contribution in [2.24, 2.45) is 0 Å². The summed E-state index contributed by atoms with van der Waals surface area (Å²) in [5.74, 6) is -1.16. The number of rotatable bonds is 4. The monoisotopic (exact) mass is 292 g/mol. The maximum absolute atomic E-state index is 12.5. The van der Waals surface area contributed by atoms with Gasteiger partial charge in [-0.1, -0.05) is 0 Å². The van der Waals surface area contributed by atoms with E-state index in [1.165, 1.54) is 0 Å². The molecule has 114 valence electrons. The number of hydrogen-bond donors (Lipinski definition) is 2. The van der Waals surface area contributed by atoms with E-state index >= 15 is 0 Å². The molecule has 1 aromatic rings. The van der Waals surface area contributed by atoms with Crippen LogP contribution in [0.3, 0.4) is 0 Å². The molecule has 2 heterocycles. The maximum atomic E-state index is 12.5. The van der Waals surface area contributed by atoms with Crippen LogP contribution in [0.4, 0.5) is 0 Å². The van der Waals surface area contributed by atoms with E-state index < -0.39 is 5.97 Å². The van der Waals surface area contributed by atoms with Crippen molar-refractivity contribution in [2.45, 2.75) is 45.1 Å². The van der Waals surface area contributed by atoms with Gasteiger partial charge in [0.15, 0.2) is 0 Å². The third-order valence-electron chi connectivity index (χ3n) is 3.87. The number of nitrogens with one attached hydrogen (secondary N) is 1. The highest BCUT2D eigenvalue weighted by atomic mass is 16.4. The van der Waals surface area contributed by atoms with Crippen LogP contribution < -0.4 is 5.56 Å². The summed E-state index contributed by atoms with van der Waals surface area (Å²) < 4.78 is 0. The second kappa shape index (κ2) is 6.56. The van der Waals surface area contributed by atoms with E-state index in [1.807, 2.05) is 0 Å². The Bertz CT molecular complexity index is 594. The quantitative estimate of drug-likeness (QED) is 0.880. The molecule has 2 N–H and O–H groups in total. The van der Waals surface area contributed by atoms with Gasteiger partial charge in [-0.25, -0.2) is 0 Å².